The molecule has 212 valence electrons. The first-order chi connectivity index (χ1) is 19.1. The molecule has 0 N–H and O–H groups in total. The second-order valence-corrected chi connectivity index (χ2v) is 12.5. The summed E-state index contributed by atoms with van der Waals surface area (Å²) >= 11 is 13.1. The van der Waals surface area contributed by atoms with Crippen molar-refractivity contribution in [1.82, 2.24) is 19.1 Å². The Kier molecular flexibility index (Phi) is 12.0. The van der Waals surface area contributed by atoms with E-state index in [2.05, 4.69) is 9.97 Å². The maximum absolute atomic E-state index is 12.4. The third-order valence-corrected chi connectivity index (χ3v) is 8.66. The molecule has 0 radical (unpaired) electrons. The average Bonchev–Trinajstić information content (AvgIpc) is 2.93. The molecule has 2 heterocycles. The summed E-state index contributed by atoms with van der Waals surface area (Å²) in [6.07, 6.45) is 7.92. The molecular formula is C28H30Cl2N4O4S2. The number of thioether (sulfide) groups is 1. The summed E-state index contributed by atoms with van der Waals surface area (Å²) in [7, 11) is -3.79. The van der Waals surface area contributed by atoms with E-state index in [4.69, 9.17) is 23.2 Å². The number of aromatic nitrogens is 4. The molecule has 0 atom stereocenters. The molecule has 0 aliphatic heterocycles. The Morgan fingerprint density at radius 2 is 1.25 bits per heavy atom. The molecule has 4 aromatic rings. The van der Waals surface area contributed by atoms with Crippen molar-refractivity contribution in [2.24, 2.45) is 0 Å². The van der Waals surface area contributed by atoms with Crippen LogP contribution in [-0.4, -0.2) is 27.5 Å². The average molecular weight is 622 g/mol. The van der Waals surface area contributed by atoms with Crippen LogP contribution in [0.15, 0.2) is 93.0 Å². The van der Waals surface area contributed by atoms with Gasteiger partial charge in [0.2, 0.25) is 14.9 Å². The number of hydrogen-bond donors (Lipinski definition) is 0. The highest BCUT2D eigenvalue weighted by atomic mass is 35.5. The van der Waals surface area contributed by atoms with E-state index in [-0.39, 0.29) is 11.3 Å². The monoisotopic (exact) mass is 620 g/mol. The SMILES string of the molecule is CCCn1ccnc(S(=O)(=O)Cc2ccc(Cl)cc2)c1=O.CCCn1ccnc(SCc2ccc(Cl)cc2)c1=O. The van der Waals surface area contributed by atoms with Gasteiger partial charge in [0.05, 0.1) is 5.75 Å². The van der Waals surface area contributed by atoms with Crippen LogP contribution < -0.4 is 11.1 Å². The Morgan fingerprint density at radius 1 is 0.750 bits per heavy atom. The maximum atomic E-state index is 12.4. The van der Waals surface area contributed by atoms with Gasteiger partial charge in [-0.2, -0.15) is 0 Å². The quantitative estimate of drug-likeness (QED) is 0.204. The van der Waals surface area contributed by atoms with Crippen molar-refractivity contribution in [2.75, 3.05) is 0 Å². The van der Waals surface area contributed by atoms with E-state index in [1.807, 2.05) is 38.1 Å². The summed E-state index contributed by atoms with van der Waals surface area (Å²) in [5.74, 6) is 0.443. The van der Waals surface area contributed by atoms with Crippen molar-refractivity contribution in [2.45, 2.75) is 61.3 Å². The van der Waals surface area contributed by atoms with Gasteiger partial charge in [0.15, 0.2) is 5.03 Å². The van der Waals surface area contributed by atoms with Gasteiger partial charge in [0, 0.05) is 53.7 Å². The van der Waals surface area contributed by atoms with Crippen LogP contribution >= 0.6 is 35.0 Å². The van der Waals surface area contributed by atoms with Gasteiger partial charge < -0.3 is 9.13 Å². The van der Waals surface area contributed by atoms with Crippen LogP contribution in [0.25, 0.3) is 0 Å². The highest BCUT2D eigenvalue weighted by Gasteiger charge is 2.22. The standard InChI is InChI=1S/C14H15ClN2O3S.C14H15ClN2OS/c1-2-8-17-9-7-16-13(14(17)18)21(19,20)10-11-3-5-12(15)6-4-11;1-2-8-17-9-7-16-13(14(17)18)19-10-11-3-5-12(15)6-4-11/h3-7,9H,2,8,10H2,1H3;3-7,9H,2,8,10H2,1H3. The van der Waals surface area contributed by atoms with Gasteiger partial charge in [0.1, 0.15) is 0 Å². The zero-order valence-electron chi connectivity index (χ0n) is 22.2. The van der Waals surface area contributed by atoms with Crippen LogP contribution in [0, 0.1) is 0 Å². The van der Waals surface area contributed by atoms with Crippen molar-refractivity contribution in [3.8, 4) is 0 Å². The summed E-state index contributed by atoms with van der Waals surface area (Å²) in [4.78, 5) is 32.2. The minimum absolute atomic E-state index is 0.0108. The van der Waals surface area contributed by atoms with Crippen LogP contribution in [0.2, 0.25) is 10.0 Å². The Balaban J connectivity index is 0.000000222. The molecule has 8 nitrogen and oxygen atoms in total. The molecule has 0 aliphatic carbocycles. The summed E-state index contributed by atoms with van der Waals surface area (Å²) in [6, 6.07) is 14.1. The fraction of sp³-hybridized carbons (Fsp3) is 0.286. The Bertz CT molecular complexity index is 1620. The second-order valence-electron chi connectivity index (χ2n) is 8.76. The Hall–Kier alpha value is -2.92. The Morgan fingerprint density at radius 3 is 1.80 bits per heavy atom. The van der Waals surface area contributed by atoms with Crippen LogP contribution in [-0.2, 0) is 34.4 Å². The van der Waals surface area contributed by atoms with Crippen molar-refractivity contribution >= 4 is 44.8 Å². The molecule has 0 spiro atoms. The summed E-state index contributed by atoms with van der Waals surface area (Å²) < 4.78 is 27.8. The zero-order valence-corrected chi connectivity index (χ0v) is 25.3. The lowest BCUT2D eigenvalue weighted by molar-refractivity contribution is 0.578. The first kappa shape index (κ1) is 31.6. The lowest BCUT2D eigenvalue weighted by atomic mass is 10.2. The number of aryl methyl sites for hydroxylation is 2. The summed E-state index contributed by atoms with van der Waals surface area (Å²) in [5.41, 5.74) is 1.10. The molecule has 0 bridgehead atoms. The molecular weight excluding hydrogens is 591 g/mol. The van der Waals surface area contributed by atoms with Crippen LogP contribution in [0.3, 0.4) is 0 Å². The van der Waals surface area contributed by atoms with E-state index >= 15 is 0 Å². The van der Waals surface area contributed by atoms with E-state index in [1.54, 1.807) is 41.2 Å². The van der Waals surface area contributed by atoms with E-state index in [1.165, 1.54) is 28.7 Å². The topological polar surface area (TPSA) is 104 Å². The van der Waals surface area contributed by atoms with E-state index in [9.17, 15) is 18.0 Å². The van der Waals surface area contributed by atoms with Crippen molar-refractivity contribution in [3.63, 3.8) is 0 Å². The van der Waals surface area contributed by atoms with E-state index < -0.39 is 20.4 Å². The van der Waals surface area contributed by atoms with E-state index in [0.717, 1.165) is 35.7 Å². The van der Waals surface area contributed by atoms with Gasteiger partial charge in [-0.15, -0.1) is 0 Å². The zero-order chi connectivity index (χ0) is 29.1. The number of sulfone groups is 1. The van der Waals surface area contributed by atoms with Crippen molar-refractivity contribution in [3.05, 3.63) is 115 Å². The van der Waals surface area contributed by atoms with Crippen LogP contribution in [0.1, 0.15) is 37.8 Å². The van der Waals surface area contributed by atoms with Crippen LogP contribution in [0.5, 0.6) is 0 Å². The summed E-state index contributed by atoms with van der Waals surface area (Å²) in [5, 5.41) is 1.38. The maximum Gasteiger partial charge on any atom is 0.288 e. The van der Waals surface area contributed by atoms with E-state index in [0.29, 0.717) is 22.2 Å². The lowest BCUT2D eigenvalue weighted by Gasteiger charge is -2.07. The normalized spacial score (nSPS) is 11.1. The van der Waals surface area contributed by atoms with Crippen LogP contribution in [0.4, 0.5) is 0 Å². The molecule has 0 aliphatic rings. The van der Waals surface area contributed by atoms with Crippen molar-refractivity contribution in [1.29, 1.82) is 0 Å². The number of benzene rings is 2. The smallest absolute Gasteiger partial charge is 0.288 e. The minimum Gasteiger partial charge on any atom is -0.312 e. The highest BCUT2D eigenvalue weighted by Crippen LogP contribution is 2.19. The fourth-order valence-electron chi connectivity index (χ4n) is 3.60. The molecule has 40 heavy (non-hydrogen) atoms. The lowest BCUT2D eigenvalue weighted by Crippen LogP contribution is -2.27. The minimum atomic E-state index is -3.79. The molecule has 2 aromatic carbocycles. The van der Waals surface area contributed by atoms with Gasteiger partial charge >= 0.3 is 0 Å². The largest absolute Gasteiger partial charge is 0.312 e. The number of nitrogens with zero attached hydrogens (tertiary/aromatic N) is 4. The van der Waals surface area contributed by atoms with Gasteiger partial charge in [-0.25, -0.2) is 18.4 Å². The molecule has 2 aromatic heterocycles. The van der Waals surface area contributed by atoms with Gasteiger partial charge in [-0.05, 0) is 48.2 Å². The fourth-order valence-corrected chi connectivity index (χ4v) is 6.10. The predicted molar refractivity (Wildman–Crippen MR) is 161 cm³/mol. The first-order valence-corrected chi connectivity index (χ1v) is 16.0. The number of hydrogen-bond acceptors (Lipinski definition) is 7. The third kappa shape index (κ3) is 9.05. The second kappa shape index (κ2) is 15.2. The summed E-state index contributed by atoms with van der Waals surface area (Å²) in [6.45, 7) is 5.16. The van der Waals surface area contributed by atoms with Gasteiger partial charge in [-0.3, -0.25) is 9.59 Å². The Labute approximate surface area is 248 Å². The van der Waals surface area contributed by atoms with Crippen molar-refractivity contribution < 1.29 is 8.42 Å². The predicted octanol–water partition coefficient (Wildman–Crippen LogP) is 5.88. The number of halogens is 2. The van der Waals surface area contributed by atoms with Gasteiger partial charge in [0.25, 0.3) is 11.1 Å². The first-order valence-electron chi connectivity index (χ1n) is 12.6. The number of rotatable bonds is 10. The molecule has 0 fully saturated rings. The highest BCUT2D eigenvalue weighted by molar-refractivity contribution is 7.98. The molecule has 4 rings (SSSR count). The molecule has 0 unspecified atom stereocenters. The molecule has 0 saturated carbocycles. The molecule has 0 saturated heterocycles. The van der Waals surface area contributed by atoms with Gasteiger partial charge in [-0.1, -0.05) is 73.1 Å². The molecule has 0 amide bonds. The molecule has 12 heteroatoms. The third-order valence-electron chi connectivity index (χ3n) is 5.55.